The Hall–Kier alpha value is -1.18. The van der Waals surface area contributed by atoms with E-state index in [1.165, 1.54) is 32.4 Å². The number of aliphatic hydroxyl groups is 2. The van der Waals surface area contributed by atoms with E-state index in [1.54, 1.807) is 0 Å². The molecule has 0 radical (unpaired) electrons. The third-order valence-electron chi connectivity index (χ3n) is 2.01. The highest BCUT2D eigenvalue weighted by Crippen LogP contribution is 1.96. The van der Waals surface area contributed by atoms with Crippen molar-refractivity contribution in [1.82, 2.24) is 5.32 Å². The molecular weight excluding hydrogens is 218 g/mol. The topological polar surface area (TPSA) is 127 Å². The van der Waals surface area contributed by atoms with Crippen molar-refractivity contribution in [3.63, 3.8) is 0 Å². The van der Waals surface area contributed by atoms with Crippen LogP contribution in [0.2, 0.25) is 0 Å². The summed E-state index contributed by atoms with van der Waals surface area (Å²) in [5.41, 5.74) is 0. The first-order valence-corrected chi connectivity index (χ1v) is 4.99. The van der Waals surface area contributed by atoms with Gasteiger partial charge < -0.3 is 25.7 Å². The number of carboxylic acid groups (broad SMARTS) is 2. The summed E-state index contributed by atoms with van der Waals surface area (Å²) >= 11 is 0. The van der Waals surface area contributed by atoms with Gasteiger partial charge in [-0.05, 0) is 25.9 Å². The Labute approximate surface area is 92.7 Å². The first kappa shape index (κ1) is 14.8. The number of hydrogen-bond donors (Lipinski definition) is 5. The number of nitrogens with one attached hydrogen (secondary N) is 1. The van der Waals surface area contributed by atoms with E-state index < -0.39 is 24.1 Å². The summed E-state index contributed by atoms with van der Waals surface area (Å²) in [6, 6.07) is 0. The van der Waals surface area contributed by atoms with Gasteiger partial charge in [0, 0.05) is 0 Å². The van der Waals surface area contributed by atoms with Gasteiger partial charge in [0.05, 0.1) is 0 Å². The average molecular weight is 235 g/mol. The summed E-state index contributed by atoms with van der Waals surface area (Å²) in [5.74, 6) is -3.54. The Balaban J connectivity index is 0.000000315. The summed E-state index contributed by atoms with van der Waals surface area (Å²) in [4.78, 5) is 19.5. The molecule has 1 aliphatic heterocycles. The molecule has 1 rings (SSSR count). The first-order chi connectivity index (χ1) is 7.46. The van der Waals surface area contributed by atoms with E-state index in [2.05, 4.69) is 5.32 Å². The number of carboxylic acids is 2. The van der Waals surface area contributed by atoms with Gasteiger partial charge in [0.1, 0.15) is 0 Å². The van der Waals surface area contributed by atoms with Crippen LogP contribution in [0.1, 0.15) is 19.3 Å². The van der Waals surface area contributed by atoms with Crippen molar-refractivity contribution in [2.75, 3.05) is 13.1 Å². The van der Waals surface area contributed by atoms with Crippen LogP contribution in [0, 0.1) is 0 Å². The summed E-state index contributed by atoms with van der Waals surface area (Å²) < 4.78 is 0. The summed E-state index contributed by atoms with van der Waals surface area (Å²) in [5, 5.41) is 35.8. The van der Waals surface area contributed by atoms with Gasteiger partial charge in [-0.15, -0.1) is 0 Å². The van der Waals surface area contributed by atoms with Crippen molar-refractivity contribution in [2.24, 2.45) is 0 Å². The molecule has 1 aliphatic rings. The third-order valence-corrected chi connectivity index (χ3v) is 2.01. The fourth-order valence-electron chi connectivity index (χ4n) is 1.07. The summed E-state index contributed by atoms with van der Waals surface area (Å²) in [6.45, 7) is 2.50. The monoisotopic (exact) mass is 235 g/mol. The largest absolute Gasteiger partial charge is 0.479 e. The van der Waals surface area contributed by atoms with E-state index in [0.29, 0.717) is 0 Å². The Morgan fingerprint density at radius 2 is 1.25 bits per heavy atom. The maximum absolute atomic E-state index is 9.77. The second kappa shape index (κ2) is 8.03. The first-order valence-electron chi connectivity index (χ1n) is 4.99. The van der Waals surface area contributed by atoms with Crippen molar-refractivity contribution in [1.29, 1.82) is 0 Å². The predicted octanol–water partition coefficient (Wildman–Crippen LogP) is -1.36. The van der Waals surface area contributed by atoms with Crippen LogP contribution in [-0.2, 0) is 9.59 Å². The zero-order chi connectivity index (χ0) is 12.6. The number of hydrogen-bond acceptors (Lipinski definition) is 5. The highest BCUT2D eigenvalue weighted by molar-refractivity contribution is 5.83. The molecule has 0 spiro atoms. The Kier molecular flexibility index (Phi) is 7.44. The molecule has 2 unspecified atom stereocenters. The number of carbonyl (C=O) groups is 2. The lowest BCUT2D eigenvalue weighted by atomic mass is 10.2. The van der Waals surface area contributed by atoms with Crippen LogP contribution in [0.25, 0.3) is 0 Å². The van der Waals surface area contributed by atoms with Crippen LogP contribution >= 0.6 is 0 Å². The summed E-state index contributed by atoms with van der Waals surface area (Å²) in [7, 11) is 0. The van der Waals surface area contributed by atoms with Gasteiger partial charge in [-0.2, -0.15) is 0 Å². The van der Waals surface area contributed by atoms with Crippen molar-refractivity contribution in [3.8, 4) is 0 Å². The van der Waals surface area contributed by atoms with Crippen LogP contribution in [0.4, 0.5) is 0 Å². The minimum atomic E-state index is -2.27. The van der Waals surface area contributed by atoms with Crippen molar-refractivity contribution < 1.29 is 30.0 Å². The molecule has 7 nitrogen and oxygen atoms in total. The van der Waals surface area contributed by atoms with Gasteiger partial charge in [0.2, 0.25) is 0 Å². The normalized spacial score (nSPS) is 18.9. The molecule has 0 saturated carbocycles. The molecule has 0 bridgehead atoms. The lowest BCUT2D eigenvalue weighted by Gasteiger charge is -2.08. The molecule has 1 fully saturated rings. The number of aliphatic hydroxyl groups excluding tert-OH is 2. The van der Waals surface area contributed by atoms with Crippen molar-refractivity contribution in [3.05, 3.63) is 0 Å². The van der Waals surface area contributed by atoms with E-state index in [-0.39, 0.29) is 0 Å². The Morgan fingerprint density at radius 3 is 1.38 bits per heavy atom. The van der Waals surface area contributed by atoms with Crippen LogP contribution in [0.3, 0.4) is 0 Å². The smallest absolute Gasteiger partial charge is 0.335 e. The SMILES string of the molecule is C1CCNCC1.O=C(O)C(O)C(O)C(=O)O. The molecule has 7 heteroatoms. The van der Waals surface area contributed by atoms with Crippen molar-refractivity contribution >= 4 is 11.9 Å². The molecule has 0 amide bonds. The maximum Gasteiger partial charge on any atom is 0.335 e. The molecule has 0 aromatic rings. The highest BCUT2D eigenvalue weighted by atomic mass is 16.4. The van der Waals surface area contributed by atoms with Crippen LogP contribution in [-0.4, -0.2) is 57.7 Å². The molecular formula is C9H17NO6. The van der Waals surface area contributed by atoms with Crippen LogP contribution < -0.4 is 5.32 Å². The molecule has 16 heavy (non-hydrogen) atoms. The average Bonchev–Trinajstić information content (AvgIpc) is 2.30. The second-order valence-electron chi connectivity index (χ2n) is 3.38. The van der Waals surface area contributed by atoms with E-state index >= 15 is 0 Å². The fourth-order valence-corrected chi connectivity index (χ4v) is 1.07. The van der Waals surface area contributed by atoms with Crippen molar-refractivity contribution in [2.45, 2.75) is 31.5 Å². The minimum Gasteiger partial charge on any atom is -0.479 e. The van der Waals surface area contributed by atoms with E-state index in [9.17, 15) is 9.59 Å². The number of piperidine rings is 1. The second-order valence-corrected chi connectivity index (χ2v) is 3.38. The standard InChI is InChI=1S/C5H11N.C4H6O6/c1-2-4-6-5-3-1;5-1(3(7)8)2(6)4(9)10/h6H,1-5H2;1-2,5-6H,(H,7,8)(H,9,10). The Morgan fingerprint density at radius 1 is 0.875 bits per heavy atom. The van der Waals surface area contributed by atoms with Crippen LogP contribution in [0.5, 0.6) is 0 Å². The number of rotatable bonds is 3. The zero-order valence-electron chi connectivity index (χ0n) is 8.80. The molecule has 0 aromatic heterocycles. The highest BCUT2D eigenvalue weighted by Gasteiger charge is 2.29. The predicted molar refractivity (Wildman–Crippen MR) is 54.0 cm³/mol. The van der Waals surface area contributed by atoms with Gasteiger partial charge in [-0.3, -0.25) is 0 Å². The van der Waals surface area contributed by atoms with E-state index in [1.807, 2.05) is 0 Å². The fraction of sp³-hybridized carbons (Fsp3) is 0.778. The van der Waals surface area contributed by atoms with Gasteiger partial charge in [0.25, 0.3) is 0 Å². The maximum atomic E-state index is 9.77. The van der Waals surface area contributed by atoms with Gasteiger partial charge >= 0.3 is 11.9 Å². The summed E-state index contributed by atoms with van der Waals surface area (Å²) in [6.07, 6.45) is -0.317. The number of aliphatic carboxylic acids is 2. The van der Waals surface area contributed by atoms with E-state index in [0.717, 1.165) is 0 Å². The molecule has 0 aliphatic carbocycles. The van der Waals surface area contributed by atoms with Gasteiger partial charge in [-0.1, -0.05) is 6.42 Å². The molecule has 94 valence electrons. The van der Waals surface area contributed by atoms with Gasteiger partial charge in [-0.25, -0.2) is 9.59 Å². The van der Waals surface area contributed by atoms with Gasteiger partial charge in [0.15, 0.2) is 12.2 Å². The molecule has 5 N–H and O–H groups in total. The molecule has 2 atom stereocenters. The lowest BCUT2D eigenvalue weighted by molar-refractivity contribution is -0.165. The molecule has 1 heterocycles. The Bertz CT molecular complexity index is 199. The lowest BCUT2D eigenvalue weighted by Crippen LogP contribution is -2.39. The molecule has 0 aromatic carbocycles. The van der Waals surface area contributed by atoms with E-state index in [4.69, 9.17) is 20.4 Å². The van der Waals surface area contributed by atoms with Crippen LogP contribution in [0.15, 0.2) is 0 Å². The zero-order valence-corrected chi connectivity index (χ0v) is 8.80. The quantitative estimate of drug-likeness (QED) is 0.408. The third kappa shape index (κ3) is 6.33. The minimum absolute atomic E-state index is 1.25. The molecule has 1 saturated heterocycles.